The number of aryl methyl sites for hydroxylation is 1. The summed E-state index contributed by atoms with van der Waals surface area (Å²) in [7, 11) is 0. The zero-order chi connectivity index (χ0) is 14.7. The maximum atomic E-state index is 5.54. The molecule has 0 saturated heterocycles. The molecular weight excluding hydrogens is 296 g/mol. The first-order valence-electron chi connectivity index (χ1n) is 7.38. The summed E-state index contributed by atoms with van der Waals surface area (Å²) < 4.78 is 0. The molecule has 1 heterocycles. The smallest absolute Gasteiger partial charge is 0.171 e. The topological polar surface area (TPSA) is 24.1 Å². The molecule has 0 radical (unpaired) electrons. The summed E-state index contributed by atoms with van der Waals surface area (Å²) in [5.41, 5.74) is 2.31. The third-order valence-corrected chi connectivity index (χ3v) is 5.36. The van der Waals surface area contributed by atoms with E-state index in [0.717, 1.165) is 23.6 Å². The van der Waals surface area contributed by atoms with E-state index in [4.69, 9.17) is 12.2 Å². The number of anilines is 1. The Morgan fingerprint density at radius 1 is 1.19 bits per heavy atom. The van der Waals surface area contributed by atoms with E-state index in [9.17, 15) is 0 Å². The van der Waals surface area contributed by atoms with Gasteiger partial charge in [-0.1, -0.05) is 31.0 Å². The number of thiophene rings is 1. The van der Waals surface area contributed by atoms with Crippen LogP contribution in [-0.4, -0.2) is 5.11 Å². The van der Waals surface area contributed by atoms with E-state index in [2.05, 4.69) is 47.2 Å². The first-order valence-corrected chi connectivity index (χ1v) is 8.67. The second-order valence-electron chi connectivity index (χ2n) is 5.72. The molecule has 3 rings (SSSR count). The van der Waals surface area contributed by atoms with E-state index in [1.807, 2.05) is 23.5 Å². The average Bonchev–Trinajstić information content (AvgIpc) is 3.09. The number of benzene rings is 1. The van der Waals surface area contributed by atoms with Crippen LogP contribution in [0.25, 0.3) is 0 Å². The van der Waals surface area contributed by atoms with Gasteiger partial charge < -0.3 is 10.6 Å². The molecule has 0 unspecified atom stereocenters. The highest BCUT2D eigenvalue weighted by molar-refractivity contribution is 7.80. The molecule has 0 aliphatic heterocycles. The molecule has 2 aromatic rings. The van der Waals surface area contributed by atoms with Crippen molar-refractivity contribution >= 4 is 34.4 Å². The van der Waals surface area contributed by atoms with E-state index >= 15 is 0 Å². The lowest BCUT2D eigenvalue weighted by molar-refractivity contribution is 0.417. The Hall–Kier alpha value is -1.39. The first-order chi connectivity index (χ1) is 10.2. The maximum absolute atomic E-state index is 5.54. The second-order valence-corrected chi connectivity index (χ2v) is 7.07. The molecule has 2 nitrogen and oxygen atoms in total. The Morgan fingerprint density at radius 2 is 2.00 bits per heavy atom. The van der Waals surface area contributed by atoms with Gasteiger partial charge in [-0.05, 0) is 61.1 Å². The predicted molar refractivity (Wildman–Crippen MR) is 95.0 cm³/mol. The summed E-state index contributed by atoms with van der Waals surface area (Å²) in [4.78, 5) is 1.40. The summed E-state index contributed by atoms with van der Waals surface area (Å²) in [6.45, 7) is 2.09. The molecule has 1 saturated carbocycles. The van der Waals surface area contributed by atoms with Crippen LogP contribution in [0.1, 0.15) is 36.1 Å². The van der Waals surface area contributed by atoms with Gasteiger partial charge in [0.15, 0.2) is 5.11 Å². The second kappa shape index (κ2) is 6.16. The molecule has 4 heteroatoms. The van der Waals surface area contributed by atoms with Crippen LogP contribution in [0.3, 0.4) is 0 Å². The van der Waals surface area contributed by atoms with Crippen molar-refractivity contribution in [3.05, 3.63) is 52.2 Å². The normalized spacial score (nSPS) is 16.6. The van der Waals surface area contributed by atoms with Crippen LogP contribution in [-0.2, 0) is 5.54 Å². The number of thiocarbonyl (C=S) groups is 1. The van der Waals surface area contributed by atoms with E-state index in [1.54, 1.807) is 0 Å². The summed E-state index contributed by atoms with van der Waals surface area (Å²) in [6.07, 6.45) is 4.84. The number of nitrogens with one attached hydrogen (secondary N) is 2. The lowest BCUT2D eigenvalue weighted by atomic mass is 9.96. The Balaban J connectivity index is 1.73. The van der Waals surface area contributed by atoms with Crippen LogP contribution < -0.4 is 10.6 Å². The van der Waals surface area contributed by atoms with Gasteiger partial charge in [0.25, 0.3) is 0 Å². The van der Waals surface area contributed by atoms with Gasteiger partial charge in [-0.3, -0.25) is 0 Å². The number of hydrogen-bond acceptors (Lipinski definition) is 2. The summed E-state index contributed by atoms with van der Waals surface area (Å²) in [5.74, 6) is 0. The van der Waals surface area contributed by atoms with Gasteiger partial charge in [0.2, 0.25) is 0 Å². The molecule has 0 atom stereocenters. The van der Waals surface area contributed by atoms with Crippen LogP contribution in [0.5, 0.6) is 0 Å². The van der Waals surface area contributed by atoms with Crippen molar-refractivity contribution in [2.45, 2.75) is 38.1 Å². The molecule has 0 amide bonds. The molecular formula is C17H20N2S2. The number of hydrogen-bond donors (Lipinski definition) is 2. The maximum Gasteiger partial charge on any atom is 0.171 e. The Kier molecular flexibility index (Phi) is 4.27. The predicted octanol–water partition coefficient (Wildman–Crippen LogP) is 4.81. The van der Waals surface area contributed by atoms with Crippen LogP contribution in [0.2, 0.25) is 0 Å². The lowest BCUT2D eigenvalue weighted by Gasteiger charge is -2.31. The Labute approximate surface area is 135 Å². The molecule has 0 spiro atoms. The van der Waals surface area contributed by atoms with Gasteiger partial charge in [0, 0.05) is 10.6 Å². The molecule has 0 bridgehead atoms. The van der Waals surface area contributed by atoms with E-state index in [1.165, 1.54) is 23.3 Å². The fourth-order valence-corrected chi connectivity index (χ4v) is 4.32. The minimum atomic E-state index is 0.0298. The van der Waals surface area contributed by atoms with Crippen molar-refractivity contribution in [1.82, 2.24) is 5.32 Å². The highest BCUT2D eigenvalue weighted by Crippen LogP contribution is 2.40. The Morgan fingerprint density at radius 3 is 2.67 bits per heavy atom. The zero-order valence-electron chi connectivity index (χ0n) is 12.2. The molecule has 2 N–H and O–H groups in total. The molecule has 1 aromatic heterocycles. The van der Waals surface area contributed by atoms with Crippen LogP contribution in [0.15, 0.2) is 41.8 Å². The Bertz CT molecular complexity index is 613. The molecule has 110 valence electrons. The van der Waals surface area contributed by atoms with Gasteiger partial charge in [-0.2, -0.15) is 0 Å². The van der Waals surface area contributed by atoms with Crippen LogP contribution >= 0.6 is 23.6 Å². The lowest BCUT2D eigenvalue weighted by Crippen LogP contribution is -2.45. The van der Waals surface area contributed by atoms with Crippen molar-refractivity contribution in [1.29, 1.82) is 0 Å². The zero-order valence-corrected chi connectivity index (χ0v) is 13.8. The highest BCUT2D eigenvalue weighted by Gasteiger charge is 2.37. The van der Waals surface area contributed by atoms with E-state index in [-0.39, 0.29) is 5.54 Å². The molecule has 1 fully saturated rings. The third-order valence-electron chi connectivity index (χ3n) is 4.08. The highest BCUT2D eigenvalue weighted by atomic mass is 32.1. The molecule has 1 aromatic carbocycles. The minimum absolute atomic E-state index is 0.0298. The van der Waals surface area contributed by atoms with Crippen molar-refractivity contribution in [2.75, 3.05) is 5.32 Å². The molecule has 1 aliphatic rings. The first kappa shape index (κ1) is 14.5. The molecule has 21 heavy (non-hydrogen) atoms. The van der Waals surface area contributed by atoms with Gasteiger partial charge >= 0.3 is 0 Å². The van der Waals surface area contributed by atoms with E-state index in [0.29, 0.717) is 0 Å². The van der Waals surface area contributed by atoms with Crippen molar-refractivity contribution in [3.63, 3.8) is 0 Å². The quantitative estimate of drug-likeness (QED) is 0.794. The largest absolute Gasteiger partial charge is 0.352 e. The van der Waals surface area contributed by atoms with Crippen molar-refractivity contribution in [2.24, 2.45) is 0 Å². The van der Waals surface area contributed by atoms with Crippen molar-refractivity contribution < 1.29 is 0 Å². The van der Waals surface area contributed by atoms with Crippen molar-refractivity contribution in [3.8, 4) is 0 Å². The van der Waals surface area contributed by atoms with Gasteiger partial charge in [0.05, 0.1) is 5.54 Å². The van der Waals surface area contributed by atoms with E-state index < -0.39 is 0 Å². The molecule has 1 aliphatic carbocycles. The van der Waals surface area contributed by atoms with Crippen LogP contribution in [0, 0.1) is 6.92 Å². The third kappa shape index (κ3) is 3.27. The minimum Gasteiger partial charge on any atom is -0.352 e. The monoisotopic (exact) mass is 316 g/mol. The standard InChI is InChI=1S/C17H20N2S2/c1-13-6-4-7-14(12-13)18-16(20)19-17(9-2-3-10-17)15-8-5-11-21-15/h4-8,11-12H,2-3,9-10H2,1H3,(H2,18,19,20). The summed E-state index contributed by atoms with van der Waals surface area (Å²) >= 11 is 7.36. The summed E-state index contributed by atoms with van der Waals surface area (Å²) in [5, 5.41) is 9.78. The van der Waals surface area contributed by atoms with Gasteiger partial charge in [-0.25, -0.2) is 0 Å². The SMILES string of the molecule is Cc1cccc(NC(=S)NC2(c3cccs3)CCCC2)c1. The number of rotatable bonds is 3. The fraction of sp³-hybridized carbons (Fsp3) is 0.353. The van der Waals surface area contributed by atoms with Gasteiger partial charge in [-0.15, -0.1) is 11.3 Å². The van der Waals surface area contributed by atoms with Gasteiger partial charge in [0.1, 0.15) is 0 Å². The average molecular weight is 316 g/mol. The summed E-state index contributed by atoms with van der Waals surface area (Å²) in [6, 6.07) is 12.6. The fourth-order valence-electron chi connectivity index (χ4n) is 3.06. The van der Waals surface area contributed by atoms with Crippen LogP contribution in [0.4, 0.5) is 5.69 Å².